The number of hydrogen-bond donors (Lipinski definition) is 2. The fourth-order valence-corrected chi connectivity index (χ4v) is 3.96. The summed E-state index contributed by atoms with van der Waals surface area (Å²) in [7, 11) is 0. The van der Waals surface area contributed by atoms with Gasteiger partial charge in [0.25, 0.3) is 0 Å². The maximum atomic E-state index is 14.7. The first-order valence-corrected chi connectivity index (χ1v) is 10.5. The average Bonchev–Trinajstić information content (AvgIpc) is 3.02. The van der Waals surface area contributed by atoms with Crippen LogP contribution < -0.4 is 15.5 Å². The van der Waals surface area contributed by atoms with E-state index in [4.69, 9.17) is 0 Å². The summed E-state index contributed by atoms with van der Waals surface area (Å²) in [5.74, 6) is -0.228. The molecule has 2 N–H and O–H groups in total. The molecule has 2 aromatic carbocycles. The molecule has 156 valence electrons. The van der Waals surface area contributed by atoms with Crippen LogP contribution in [0.25, 0.3) is 10.8 Å². The van der Waals surface area contributed by atoms with Crippen LogP contribution in [0, 0.1) is 12.7 Å². The van der Waals surface area contributed by atoms with E-state index in [0.29, 0.717) is 5.69 Å². The maximum Gasteiger partial charge on any atom is 0.319 e. The van der Waals surface area contributed by atoms with Gasteiger partial charge in [-0.3, -0.25) is 4.98 Å². The van der Waals surface area contributed by atoms with E-state index in [0.717, 1.165) is 53.6 Å². The van der Waals surface area contributed by atoms with E-state index >= 15 is 0 Å². The minimum Gasteiger partial charge on any atom is -0.369 e. The van der Waals surface area contributed by atoms with Gasteiger partial charge in [0.2, 0.25) is 0 Å². The van der Waals surface area contributed by atoms with E-state index in [1.54, 1.807) is 6.20 Å². The van der Waals surface area contributed by atoms with Crippen LogP contribution in [0.15, 0.2) is 48.7 Å². The van der Waals surface area contributed by atoms with Crippen LogP contribution >= 0.6 is 0 Å². The average molecular weight is 407 g/mol. The first-order valence-electron chi connectivity index (χ1n) is 10.5. The number of benzene rings is 2. The molecule has 2 amide bonds. The molecule has 0 aliphatic carbocycles. The Morgan fingerprint density at radius 3 is 2.67 bits per heavy atom. The van der Waals surface area contributed by atoms with Gasteiger partial charge in [-0.2, -0.15) is 0 Å². The zero-order valence-corrected chi connectivity index (χ0v) is 17.2. The van der Waals surface area contributed by atoms with Crippen molar-refractivity contribution >= 4 is 28.2 Å². The van der Waals surface area contributed by atoms with Crippen molar-refractivity contribution in [3.05, 3.63) is 65.7 Å². The number of aromatic nitrogens is 1. The van der Waals surface area contributed by atoms with Crippen LogP contribution in [-0.2, 0) is 6.54 Å². The van der Waals surface area contributed by atoms with Gasteiger partial charge in [-0.15, -0.1) is 0 Å². The Morgan fingerprint density at radius 1 is 1.10 bits per heavy atom. The van der Waals surface area contributed by atoms with Crippen molar-refractivity contribution < 1.29 is 9.18 Å². The van der Waals surface area contributed by atoms with Crippen LogP contribution in [0.5, 0.6) is 0 Å². The smallest absolute Gasteiger partial charge is 0.319 e. The summed E-state index contributed by atoms with van der Waals surface area (Å²) in [5.41, 5.74) is 3.00. The van der Waals surface area contributed by atoms with Crippen molar-refractivity contribution in [2.24, 2.45) is 0 Å². The van der Waals surface area contributed by atoms with Crippen molar-refractivity contribution in [1.29, 1.82) is 0 Å². The molecule has 1 aliphatic rings. The maximum absolute atomic E-state index is 14.7. The molecule has 0 unspecified atom stereocenters. The van der Waals surface area contributed by atoms with Gasteiger partial charge >= 0.3 is 6.03 Å². The summed E-state index contributed by atoms with van der Waals surface area (Å²) < 4.78 is 14.7. The summed E-state index contributed by atoms with van der Waals surface area (Å²) >= 11 is 0. The Balaban J connectivity index is 1.39. The Kier molecular flexibility index (Phi) is 6.12. The summed E-state index contributed by atoms with van der Waals surface area (Å²) in [5, 5.41) is 7.60. The summed E-state index contributed by atoms with van der Waals surface area (Å²) in [6.07, 6.45) is 6.42. The van der Waals surface area contributed by atoms with Crippen LogP contribution in [0.2, 0.25) is 0 Å². The number of carbonyl (C=O) groups excluding carboxylic acids is 1. The minimum absolute atomic E-state index is 0.228. The highest BCUT2D eigenvalue weighted by Gasteiger charge is 2.14. The molecule has 5 nitrogen and oxygen atoms in total. The van der Waals surface area contributed by atoms with Crippen molar-refractivity contribution in [2.75, 3.05) is 23.3 Å². The summed E-state index contributed by atoms with van der Waals surface area (Å²) in [6.45, 7) is 3.97. The van der Waals surface area contributed by atoms with Crippen LogP contribution in [0.1, 0.15) is 36.9 Å². The van der Waals surface area contributed by atoms with Crippen molar-refractivity contribution in [1.82, 2.24) is 10.3 Å². The largest absolute Gasteiger partial charge is 0.369 e. The zero-order valence-electron chi connectivity index (χ0n) is 17.2. The lowest BCUT2D eigenvalue weighted by Gasteiger charge is -2.23. The lowest BCUT2D eigenvalue weighted by molar-refractivity contribution is 0.251. The number of halogens is 1. The van der Waals surface area contributed by atoms with E-state index in [9.17, 15) is 9.18 Å². The first kappa shape index (κ1) is 20.1. The number of carbonyl (C=O) groups is 1. The van der Waals surface area contributed by atoms with E-state index in [2.05, 4.69) is 20.5 Å². The lowest BCUT2D eigenvalue weighted by atomic mass is 10.1. The summed E-state index contributed by atoms with van der Waals surface area (Å²) in [4.78, 5) is 18.8. The number of urea groups is 1. The zero-order chi connectivity index (χ0) is 20.9. The second kappa shape index (κ2) is 9.11. The normalized spacial score (nSPS) is 14.4. The van der Waals surface area contributed by atoms with Gasteiger partial charge < -0.3 is 15.5 Å². The third-order valence-corrected chi connectivity index (χ3v) is 5.56. The number of nitrogens with one attached hydrogen (secondary N) is 2. The van der Waals surface area contributed by atoms with Crippen molar-refractivity contribution in [2.45, 2.75) is 39.2 Å². The van der Waals surface area contributed by atoms with Crippen molar-refractivity contribution in [3.8, 4) is 0 Å². The highest BCUT2D eigenvalue weighted by atomic mass is 19.1. The molecular formula is C24H27FN4O. The van der Waals surface area contributed by atoms with E-state index in [1.165, 1.54) is 18.9 Å². The highest BCUT2D eigenvalue weighted by Crippen LogP contribution is 2.25. The number of pyridine rings is 1. The highest BCUT2D eigenvalue weighted by molar-refractivity contribution is 6.01. The molecule has 4 rings (SSSR count). The lowest BCUT2D eigenvalue weighted by Crippen LogP contribution is -2.28. The Hall–Kier alpha value is -3.15. The molecule has 3 aromatic rings. The third-order valence-electron chi connectivity index (χ3n) is 5.56. The molecule has 0 bridgehead atoms. The summed E-state index contributed by atoms with van der Waals surface area (Å²) in [6, 6.07) is 12.6. The number of hydrogen-bond acceptors (Lipinski definition) is 3. The van der Waals surface area contributed by atoms with Crippen LogP contribution in [-0.4, -0.2) is 24.1 Å². The quantitative estimate of drug-likeness (QED) is 0.611. The van der Waals surface area contributed by atoms with Crippen LogP contribution in [0.3, 0.4) is 0 Å². The molecule has 2 heterocycles. The van der Waals surface area contributed by atoms with Gasteiger partial charge in [-0.05, 0) is 49.6 Å². The molecule has 1 aromatic heterocycles. The van der Waals surface area contributed by atoms with E-state index < -0.39 is 0 Å². The first-order chi connectivity index (χ1) is 14.6. The molecule has 0 spiro atoms. The number of nitrogens with zero attached hydrogens (tertiary/aromatic N) is 2. The second-order valence-electron chi connectivity index (χ2n) is 7.85. The fraction of sp³-hybridized carbons (Fsp3) is 0.333. The van der Waals surface area contributed by atoms with Gasteiger partial charge in [0, 0.05) is 42.3 Å². The van der Waals surface area contributed by atoms with Crippen LogP contribution in [0.4, 0.5) is 20.6 Å². The molecule has 0 saturated carbocycles. The molecule has 1 aliphatic heterocycles. The predicted octanol–water partition coefficient (Wildman–Crippen LogP) is 5.38. The number of anilines is 2. The Morgan fingerprint density at radius 2 is 1.90 bits per heavy atom. The molecule has 1 fully saturated rings. The van der Waals surface area contributed by atoms with Gasteiger partial charge in [0.05, 0.1) is 11.4 Å². The molecule has 0 atom stereocenters. The van der Waals surface area contributed by atoms with E-state index in [1.807, 2.05) is 43.3 Å². The van der Waals surface area contributed by atoms with Gasteiger partial charge in [-0.25, -0.2) is 9.18 Å². The monoisotopic (exact) mass is 406 g/mol. The molecule has 0 radical (unpaired) electrons. The predicted molar refractivity (Wildman–Crippen MR) is 119 cm³/mol. The fourth-order valence-electron chi connectivity index (χ4n) is 3.96. The molecule has 6 heteroatoms. The van der Waals surface area contributed by atoms with Crippen molar-refractivity contribution in [3.63, 3.8) is 0 Å². The molecular weight excluding hydrogens is 379 g/mol. The van der Waals surface area contributed by atoms with Gasteiger partial charge in [0.15, 0.2) is 0 Å². The topological polar surface area (TPSA) is 57.3 Å². The number of aryl methyl sites for hydroxylation is 1. The standard InChI is InChI=1S/C24H27FN4O/c1-17-13-20-19(16-26-17)7-6-8-22(20)28-24(30)27-15-18-9-10-23(21(25)14-18)29-11-4-2-3-5-12-29/h6-10,13-14,16H,2-5,11-12,15H2,1H3,(H2,27,28,30). The second-order valence-corrected chi connectivity index (χ2v) is 7.85. The Bertz CT molecular complexity index is 1040. The number of fused-ring (bicyclic) bond motifs is 1. The van der Waals surface area contributed by atoms with Gasteiger partial charge in [0.1, 0.15) is 5.82 Å². The molecule has 30 heavy (non-hydrogen) atoms. The third kappa shape index (κ3) is 4.70. The number of rotatable bonds is 4. The van der Waals surface area contributed by atoms with Gasteiger partial charge in [-0.1, -0.05) is 31.0 Å². The molecule has 1 saturated heterocycles. The minimum atomic E-state index is -0.325. The van der Waals surface area contributed by atoms with E-state index in [-0.39, 0.29) is 18.4 Å². The number of amides is 2. The SMILES string of the molecule is Cc1cc2c(NC(=O)NCc3ccc(N4CCCCCC4)c(F)c3)cccc2cn1. The Labute approximate surface area is 176 Å².